The third-order valence-corrected chi connectivity index (χ3v) is 9.34. The Morgan fingerprint density at radius 2 is 1.50 bits per heavy atom. The number of ether oxygens (including phenoxy) is 2. The topological polar surface area (TPSA) is 108 Å². The molecule has 0 aromatic heterocycles. The molecule has 1 heterocycles. The molecule has 1 aliphatic heterocycles. The van der Waals surface area contributed by atoms with Gasteiger partial charge in [0.2, 0.25) is 5.91 Å². The van der Waals surface area contributed by atoms with E-state index in [1.165, 1.54) is 0 Å². The Kier molecular flexibility index (Phi) is 11.9. The Hall–Kier alpha value is -3.26. The SMILES string of the molecule is C=CC[C@@H](c1ccc(CP(=O)(OC(C)(C)C)OC(C)(C)C)cc1)[C@H](CC(=O)OC(C)(C)C)C(=O)N1C(=O)OC[C@@H]1c1ccccc1. The lowest BCUT2D eigenvalue weighted by molar-refractivity contribution is -0.158. The first-order chi connectivity index (χ1) is 21.2. The van der Waals surface area contributed by atoms with E-state index < -0.39 is 60.2 Å². The van der Waals surface area contributed by atoms with Crippen molar-refractivity contribution in [3.8, 4) is 0 Å². The molecule has 2 aromatic rings. The highest BCUT2D eigenvalue weighted by Gasteiger charge is 2.45. The predicted octanol–water partition coefficient (Wildman–Crippen LogP) is 8.74. The molecule has 0 aliphatic carbocycles. The van der Waals surface area contributed by atoms with Gasteiger partial charge in [-0.1, -0.05) is 60.7 Å². The number of carbonyl (C=O) groups is 3. The summed E-state index contributed by atoms with van der Waals surface area (Å²) >= 11 is 0. The Morgan fingerprint density at radius 3 is 2.00 bits per heavy atom. The summed E-state index contributed by atoms with van der Waals surface area (Å²) in [5.41, 5.74) is 0.0654. The maximum atomic E-state index is 14.4. The zero-order chi connectivity index (χ0) is 34.5. The van der Waals surface area contributed by atoms with Crippen molar-refractivity contribution in [3.05, 3.63) is 83.9 Å². The smallest absolute Gasteiger partial charge is 0.417 e. The molecule has 0 radical (unpaired) electrons. The van der Waals surface area contributed by atoms with E-state index in [2.05, 4.69) is 6.58 Å². The van der Waals surface area contributed by atoms with Crippen LogP contribution in [0.4, 0.5) is 4.79 Å². The van der Waals surface area contributed by atoms with Gasteiger partial charge < -0.3 is 18.5 Å². The quantitative estimate of drug-likeness (QED) is 0.127. The van der Waals surface area contributed by atoms with Gasteiger partial charge in [0.25, 0.3) is 0 Å². The highest BCUT2D eigenvalue weighted by Crippen LogP contribution is 2.57. The van der Waals surface area contributed by atoms with Gasteiger partial charge in [0.05, 0.1) is 29.7 Å². The fourth-order valence-corrected chi connectivity index (χ4v) is 7.95. The molecule has 2 amide bonds. The third kappa shape index (κ3) is 10.9. The van der Waals surface area contributed by atoms with Crippen molar-refractivity contribution in [2.75, 3.05) is 6.61 Å². The Labute approximate surface area is 274 Å². The number of rotatable bonds is 12. The molecule has 0 bridgehead atoms. The molecule has 252 valence electrons. The summed E-state index contributed by atoms with van der Waals surface area (Å²) in [7, 11) is -3.56. The van der Waals surface area contributed by atoms with Crippen molar-refractivity contribution < 1.29 is 37.5 Å². The van der Waals surface area contributed by atoms with Crippen LogP contribution in [0.1, 0.15) is 104 Å². The monoisotopic (exact) mass is 655 g/mol. The molecule has 3 atom stereocenters. The van der Waals surface area contributed by atoms with Crippen molar-refractivity contribution in [1.29, 1.82) is 0 Å². The second-order valence-electron chi connectivity index (χ2n) is 14.7. The van der Waals surface area contributed by atoms with E-state index in [1.807, 2.05) is 96.1 Å². The summed E-state index contributed by atoms with van der Waals surface area (Å²) in [6.45, 7) is 20.2. The maximum Gasteiger partial charge on any atom is 0.417 e. The molecule has 0 spiro atoms. The van der Waals surface area contributed by atoms with E-state index in [-0.39, 0.29) is 19.2 Å². The number of nitrogens with zero attached hydrogens (tertiary/aromatic N) is 1. The number of carbonyl (C=O) groups excluding carboxylic acids is 3. The number of hydrogen-bond acceptors (Lipinski definition) is 8. The Bertz CT molecular complexity index is 1400. The predicted molar refractivity (Wildman–Crippen MR) is 178 cm³/mol. The van der Waals surface area contributed by atoms with Gasteiger partial charge in [-0.15, -0.1) is 6.58 Å². The first kappa shape index (κ1) is 37.2. The lowest BCUT2D eigenvalue weighted by atomic mass is 9.80. The average Bonchev–Trinajstić information content (AvgIpc) is 3.29. The van der Waals surface area contributed by atoms with Gasteiger partial charge in [0.1, 0.15) is 18.2 Å². The third-order valence-electron chi connectivity index (χ3n) is 6.93. The lowest BCUT2D eigenvalue weighted by Gasteiger charge is -2.32. The van der Waals surface area contributed by atoms with Gasteiger partial charge in [0, 0.05) is 0 Å². The van der Waals surface area contributed by atoms with Crippen molar-refractivity contribution in [1.82, 2.24) is 4.90 Å². The van der Waals surface area contributed by atoms with Gasteiger partial charge >= 0.3 is 19.7 Å². The molecule has 46 heavy (non-hydrogen) atoms. The average molecular weight is 656 g/mol. The minimum atomic E-state index is -3.56. The van der Waals surface area contributed by atoms with E-state index in [4.69, 9.17) is 18.5 Å². The van der Waals surface area contributed by atoms with Crippen LogP contribution >= 0.6 is 7.60 Å². The summed E-state index contributed by atoms with van der Waals surface area (Å²) < 4.78 is 36.8. The second-order valence-corrected chi connectivity index (χ2v) is 16.6. The Balaban J connectivity index is 2.00. The van der Waals surface area contributed by atoms with Crippen LogP contribution in [0.2, 0.25) is 0 Å². The number of esters is 1. The van der Waals surface area contributed by atoms with Crippen LogP contribution in [0.5, 0.6) is 0 Å². The molecule has 1 aliphatic rings. The Morgan fingerprint density at radius 1 is 0.935 bits per heavy atom. The highest BCUT2D eigenvalue weighted by molar-refractivity contribution is 7.53. The fraction of sp³-hybridized carbons (Fsp3) is 0.528. The minimum absolute atomic E-state index is 0.0158. The molecule has 10 heteroatoms. The summed E-state index contributed by atoms with van der Waals surface area (Å²) in [5, 5.41) is 0. The van der Waals surface area contributed by atoms with Gasteiger partial charge in [-0.25, -0.2) is 9.69 Å². The maximum absolute atomic E-state index is 14.4. The van der Waals surface area contributed by atoms with Crippen molar-refractivity contribution in [3.63, 3.8) is 0 Å². The van der Waals surface area contributed by atoms with E-state index in [0.717, 1.165) is 21.6 Å². The zero-order valence-electron chi connectivity index (χ0n) is 28.7. The van der Waals surface area contributed by atoms with Crippen LogP contribution in [0.25, 0.3) is 0 Å². The molecule has 0 unspecified atom stereocenters. The first-order valence-corrected chi connectivity index (χ1v) is 17.4. The molecule has 9 nitrogen and oxygen atoms in total. The summed E-state index contributed by atoms with van der Waals surface area (Å²) in [6, 6.07) is 15.9. The summed E-state index contributed by atoms with van der Waals surface area (Å²) in [6.07, 6.45) is 1.07. The van der Waals surface area contributed by atoms with Crippen LogP contribution in [0, 0.1) is 5.92 Å². The molecule has 0 N–H and O–H groups in total. The van der Waals surface area contributed by atoms with Crippen LogP contribution in [-0.2, 0) is 38.8 Å². The van der Waals surface area contributed by atoms with Gasteiger partial charge in [0.15, 0.2) is 0 Å². The molecule has 0 saturated carbocycles. The molecule has 1 saturated heterocycles. The van der Waals surface area contributed by atoms with Crippen molar-refractivity contribution >= 4 is 25.6 Å². The first-order valence-electron chi connectivity index (χ1n) is 15.7. The van der Waals surface area contributed by atoms with Gasteiger partial charge in [-0.05, 0) is 91.3 Å². The van der Waals surface area contributed by atoms with E-state index in [9.17, 15) is 18.9 Å². The number of allylic oxidation sites excluding steroid dienone is 1. The summed E-state index contributed by atoms with van der Waals surface area (Å²) in [4.78, 5) is 41.7. The van der Waals surface area contributed by atoms with Crippen LogP contribution in [-0.4, -0.2) is 46.3 Å². The van der Waals surface area contributed by atoms with E-state index in [1.54, 1.807) is 26.8 Å². The van der Waals surface area contributed by atoms with Crippen molar-refractivity contribution in [2.24, 2.45) is 5.92 Å². The summed E-state index contributed by atoms with van der Waals surface area (Å²) in [5.74, 6) is -2.57. The number of imide groups is 1. The van der Waals surface area contributed by atoms with E-state index >= 15 is 0 Å². The zero-order valence-corrected chi connectivity index (χ0v) is 29.6. The van der Waals surface area contributed by atoms with Crippen LogP contribution in [0.3, 0.4) is 0 Å². The minimum Gasteiger partial charge on any atom is -0.460 e. The molecule has 2 aromatic carbocycles. The van der Waals surface area contributed by atoms with Gasteiger partial charge in [-0.3, -0.25) is 14.2 Å². The lowest BCUT2D eigenvalue weighted by Crippen LogP contribution is -2.42. The second kappa shape index (κ2) is 14.7. The highest BCUT2D eigenvalue weighted by atomic mass is 31.2. The van der Waals surface area contributed by atoms with Crippen LogP contribution < -0.4 is 0 Å². The molecule has 1 fully saturated rings. The van der Waals surface area contributed by atoms with Crippen LogP contribution in [0.15, 0.2) is 67.3 Å². The number of cyclic esters (lactones) is 1. The largest absolute Gasteiger partial charge is 0.460 e. The molecule has 3 rings (SSSR count). The fourth-order valence-electron chi connectivity index (χ4n) is 5.45. The standard InChI is InChI=1S/C36H50NO8P/c1-11-15-28(26-20-18-25(19-21-26)24-46(41,44-35(5,6)7)45-36(8,9)10)29(22-31(38)43-34(2,3)4)32(39)37-30(23-42-33(37)40)27-16-13-12-14-17-27/h11-14,16-21,28-30H,1,15,22-24H2,2-10H3/t28-,29-,30+/m0/s1. The number of benzene rings is 2. The molecular formula is C36H50NO8P. The van der Waals surface area contributed by atoms with Crippen molar-refractivity contribution in [2.45, 2.75) is 110 Å². The number of hydrogen-bond donors (Lipinski definition) is 0. The number of amides is 2. The van der Waals surface area contributed by atoms with E-state index in [0.29, 0.717) is 6.42 Å². The molecular weight excluding hydrogens is 605 g/mol. The normalized spacial score (nSPS) is 17.3. The van der Waals surface area contributed by atoms with Gasteiger partial charge in [-0.2, -0.15) is 0 Å².